The van der Waals surface area contributed by atoms with Crippen molar-refractivity contribution in [2.24, 2.45) is 11.7 Å². The van der Waals surface area contributed by atoms with Crippen molar-refractivity contribution in [2.75, 3.05) is 24.5 Å². The highest BCUT2D eigenvalue weighted by molar-refractivity contribution is 5.27. The first kappa shape index (κ1) is 9.26. The van der Waals surface area contributed by atoms with E-state index < -0.39 is 0 Å². The minimum Gasteiger partial charge on any atom is -0.341 e. The van der Waals surface area contributed by atoms with Crippen molar-refractivity contribution in [3.8, 4) is 0 Å². The second kappa shape index (κ2) is 3.83. The lowest BCUT2D eigenvalue weighted by atomic mass is 9.97. The summed E-state index contributed by atoms with van der Waals surface area (Å²) in [5, 5.41) is 6.26. The second-order valence-electron chi connectivity index (χ2n) is 3.67. The minimum atomic E-state index is -0.249. The number of nitrogens with two attached hydrogens (primary N) is 1. The molecule has 0 spiro atoms. The van der Waals surface area contributed by atoms with Gasteiger partial charge < -0.3 is 10.6 Å². The molecule has 0 aromatic carbocycles. The van der Waals surface area contributed by atoms with Crippen LogP contribution in [0.1, 0.15) is 12.8 Å². The fourth-order valence-corrected chi connectivity index (χ4v) is 1.79. The van der Waals surface area contributed by atoms with Gasteiger partial charge in [0.25, 0.3) is 0 Å². The number of nitrogens with one attached hydrogen (secondary N) is 2. The molecule has 1 aromatic rings. The molecule has 6 heteroatoms. The van der Waals surface area contributed by atoms with Crippen molar-refractivity contribution in [1.82, 2.24) is 15.2 Å². The van der Waals surface area contributed by atoms with Gasteiger partial charge in [-0.15, -0.1) is 5.10 Å². The van der Waals surface area contributed by atoms with Crippen LogP contribution in [0.3, 0.4) is 0 Å². The first-order valence-corrected chi connectivity index (χ1v) is 4.89. The topological polar surface area (TPSA) is 90.8 Å². The fraction of sp³-hybridized carbons (Fsp3) is 0.750. The summed E-state index contributed by atoms with van der Waals surface area (Å²) in [5.41, 5.74) is 5.34. The average Bonchev–Trinajstić information content (AvgIpc) is 2.65. The third-order valence-electron chi connectivity index (χ3n) is 2.74. The fourth-order valence-electron chi connectivity index (χ4n) is 1.79. The molecular formula is C8H15N5O. The number of anilines is 1. The van der Waals surface area contributed by atoms with Crippen molar-refractivity contribution < 1.29 is 0 Å². The predicted octanol–water partition coefficient (Wildman–Crippen LogP) is -0.727. The van der Waals surface area contributed by atoms with Crippen molar-refractivity contribution in [3.05, 3.63) is 10.5 Å². The van der Waals surface area contributed by atoms with E-state index in [4.69, 9.17) is 5.73 Å². The summed E-state index contributed by atoms with van der Waals surface area (Å²) in [6, 6.07) is 0. The lowest BCUT2D eigenvalue weighted by Gasteiger charge is -2.30. The summed E-state index contributed by atoms with van der Waals surface area (Å²) in [6.07, 6.45) is 2.15. The standard InChI is InChI=1S/C8H15N5O/c9-5-6-1-3-13(4-2-6)7-10-8(14)12-11-7/h6H,1-5,9H2,(H2,10,11,12,14). The van der Waals surface area contributed by atoms with Crippen LogP contribution in [0.15, 0.2) is 4.79 Å². The Bertz CT molecular complexity index is 336. The zero-order valence-corrected chi connectivity index (χ0v) is 7.99. The van der Waals surface area contributed by atoms with Gasteiger partial charge in [0, 0.05) is 13.1 Å². The smallest absolute Gasteiger partial charge is 0.341 e. The molecule has 1 aliphatic rings. The monoisotopic (exact) mass is 197 g/mol. The zero-order valence-electron chi connectivity index (χ0n) is 7.99. The van der Waals surface area contributed by atoms with Gasteiger partial charge in [-0.1, -0.05) is 0 Å². The number of rotatable bonds is 2. The molecule has 0 unspecified atom stereocenters. The quantitative estimate of drug-likeness (QED) is 0.583. The Labute approximate surface area is 81.5 Å². The third kappa shape index (κ3) is 1.79. The molecule has 0 radical (unpaired) electrons. The molecular weight excluding hydrogens is 182 g/mol. The van der Waals surface area contributed by atoms with Crippen LogP contribution in [0.4, 0.5) is 5.95 Å². The Morgan fingerprint density at radius 1 is 1.50 bits per heavy atom. The van der Waals surface area contributed by atoms with E-state index >= 15 is 0 Å². The van der Waals surface area contributed by atoms with Crippen LogP contribution in [0.25, 0.3) is 0 Å². The molecule has 1 aliphatic heterocycles. The molecule has 1 saturated heterocycles. The third-order valence-corrected chi connectivity index (χ3v) is 2.74. The SMILES string of the molecule is NCC1CCN(c2n[nH]c(=O)[nH]2)CC1. The van der Waals surface area contributed by atoms with E-state index in [2.05, 4.69) is 20.1 Å². The van der Waals surface area contributed by atoms with E-state index in [9.17, 15) is 4.79 Å². The molecule has 1 aromatic heterocycles. The van der Waals surface area contributed by atoms with Gasteiger partial charge in [-0.25, -0.2) is 9.89 Å². The first-order valence-electron chi connectivity index (χ1n) is 4.89. The molecule has 14 heavy (non-hydrogen) atoms. The summed E-state index contributed by atoms with van der Waals surface area (Å²) < 4.78 is 0. The molecule has 1 fully saturated rings. The predicted molar refractivity (Wildman–Crippen MR) is 53.2 cm³/mol. The number of hydrogen-bond donors (Lipinski definition) is 3. The summed E-state index contributed by atoms with van der Waals surface area (Å²) in [5.74, 6) is 1.27. The van der Waals surface area contributed by atoms with Crippen LogP contribution >= 0.6 is 0 Å². The summed E-state index contributed by atoms with van der Waals surface area (Å²) in [6.45, 7) is 2.59. The summed E-state index contributed by atoms with van der Waals surface area (Å²) in [7, 11) is 0. The normalized spacial score (nSPS) is 18.8. The lowest BCUT2D eigenvalue weighted by molar-refractivity contribution is 0.411. The largest absolute Gasteiger partial charge is 0.342 e. The second-order valence-corrected chi connectivity index (χ2v) is 3.67. The number of aromatic amines is 2. The molecule has 78 valence electrons. The molecule has 4 N–H and O–H groups in total. The van der Waals surface area contributed by atoms with Gasteiger partial charge in [-0.05, 0) is 25.3 Å². The van der Waals surface area contributed by atoms with Crippen LogP contribution in [0, 0.1) is 5.92 Å². The minimum absolute atomic E-state index is 0.249. The van der Waals surface area contributed by atoms with E-state index in [0.29, 0.717) is 11.9 Å². The van der Waals surface area contributed by atoms with Crippen molar-refractivity contribution in [1.29, 1.82) is 0 Å². The maximum absolute atomic E-state index is 10.8. The number of nitrogens with zero attached hydrogens (tertiary/aromatic N) is 2. The van der Waals surface area contributed by atoms with Gasteiger partial charge in [0.05, 0.1) is 0 Å². The van der Waals surface area contributed by atoms with Crippen molar-refractivity contribution in [2.45, 2.75) is 12.8 Å². The first-order chi connectivity index (χ1) is 6.79. The van der Waals surface area contributed by atoms with E-state index in [0.717, 1.165) is 32.5 Å². The highest BCUT2D eigenvalue weighted by Gasteiger charge is 2.19. The number of H-pyrrole nitrogens is 2. The van der Waals surface area contributed by atoms with Crippen molar-refractivity contribution >= 4 is 5.95 Å². The van der Waals surface area contributed by atoms with Crippen LogP contribution in [-0.4, -0.2) is 34.8 Å². The molecule has 0 saturated carbocycles. The van der Waals surface area contributed by atoms with E-state index in [1.165, 1.54) is 0 Å². The number of hydrogen-bond acceptors (Lipinski definition) is 4. The van der Waals surface area contributed by atoms with Crippen molar-refractivity contribution in [3.63, 3.8) is 0 Å². The van der Waals surface area contributed by atoms with Gasteiger partial charge in [0.15, 0.2) is 0 Å². The molecule has 0 amide bonds. The highest BCUT2D eigenvalue weighted by Crippen LogP contribution is 2.18. The lowest BCUT2D eigenvalue weighted by Crippen LogP contribution is -2.36. The number of piperidine rings is 1. The Morgan fingerprint density at radius 2 is 2.21 bits per heavy atom. The Morgan fingerprint density at radius 3 is 2.71 bits per heavy atom. The van der Waals surface area contributed by atoms with Crippen LogP contribution in [-0.2, 0) is 0 Å². The number of aromatic nitrogens is 3. The van der Waals surface area contributed by atoms with E-state index in [1.54, 1.807) is 0 Å². The molecule has 2 heterocycles. The maximum Gasteiger partial charge on any atom is 0.342 e. The molecule has 2 rings (SSSR count). The molecule has 0 aliphatic carbocycles. The van der Waals surface area contributed by atoms with E-state index in [1.807, 2.05) is 0 Å². The van der Waals surface area contributed by atoms with Gasteiger partial charge in [0.2, 0.25) is 5.95 Å². The molecule has 0 atom stereocenters. The average molecular weight is 197 g/mol. The van der Waals surface area contributed by atoms with Gasteiger partial charge in [-0.2, -0.15) is 0 Å². The molecule has 6 nitrogen and oxygen atoms in total. The maximum atomic E-state index is 10.8. The Balaban J connectivity index is 1.98. The van der Waals surface area contributed by atoms with E-state index in [-0.39, 0.29) is 5.69 Å². The zero-order chi connectivity index (χ0) is 9.97. The summed E-state index contributed by atoms with van der Waals surface area (Å²) in [4.78, 5) is 15.6. The van der Waals surface area contributed by atoms with Gasteiger partial charge in [-0.3, -0.25) is 4.98 Å². The van der Waals surface area contributed by atoms with Crippen LogP contribution < -0.4 is 16.3 Å². The highest BCUT2D eigenvalue weighted by atomic mass is 16.1. The summed E-state index contributed by atoms with van der Waals surface area (Å²) >= 11 is 0. The van der Waals surface area contributed by atoms with Crippen LogP contribution in [0.5, 0.6) is 0 Å². The Hall–Kier alpha value is -1.30. The van der Waals surface area contributed by atoms with Crippen LogP contribution in [0.2, 0.25) is 0 Å². The van der Waals surface area contributed by atoms with Gasteiger partial charge >= 0.3 is 5.69 Å². The molecule has 0 bridgehead atoms. The van der Waals surface area contributed by atoms with Gasteiger partial charge in [0.1, 0.15) is 0 Å². The Kier molecular flexibility index (Phi) is 2.53.